The van der Waals surface area contributed by atoms with Crippen molar-refractivity contribution in [2.45, 2.75) is 72.0 Å². The molecule has 0 heterocycles. The third kappa shape index (κ3) is 8.50. The second kappa shape index (κ2) is 15.0. The van der Waals surface area contributed by atoms with Crippen molar-refractivity contribution in [2.75, 3.05) is 6.61 Å². The summed E-state index contributed by atoms with van der Waals surface area (Å²) in [6.07, 6.45) is 3.88. The van der Waals surface area contributed by atoms with E-state index < -0.39 is 29.8 Å². The Morgan fingerprint density at radius 1 is 0.725 bits per heavy atom. The maximum atomic E-state index is 14.8. The van der Waals surface area contributed by atoms with E-state index in [2.05, 4.69) is 6.92 Å². The number of benzene rings is 3. The summed E-state index contributed by atoms with van der Waals surface area (Å²) < 4.78 is 30.3. The van der Waals surface area contributed by atoms with Crippen LogP contribution in [0.4, 0.5) is 4.39 Å². The van der Waals surface area contributed by atoms with E-state index in [0.717, 1.165) is 48.8 Å². The molecule has 0 bridgehead atoms. The molecule has 0 aliphatic heterocycles. The van der Waals surface area contributed by atoms with Crippen molar-refractivity contribution in [3.05, 3.63) is 83.7 Å². The van der Waals surface area contributed by atoms with Gasteiger partial charge in [0.25, 0.3) is 0 Å². The van der Waals surface area contributed by atoms with Crippen LogP contribution in [0.15, 0.2) is 66.7 Å². The van der Waals surface area contributed by atoms with Crippen LogP contribution in [-0.4, -0.2) is 36.7 Å². The lowest BCUT2D eigenvalue weighted by atomic mass is 9.99. The number of esters is 3. The first-order chi connectivity index (χ1) is 19.2. The maximum Gasteiger partial charge on any atom is 0.347 e. The molecular weight excluding hydrogens is 511 g/mol. The van der Waals surface area contributed by atoms with Gasteiger partial charge in [-0.25, -0.2) is 18.8 Å². The number of carbonyl (C=O) groups excluding carboxylic acids is 3. The highest BCUT2D eigenvalue weighted by Gasteiger charge is 2.20. The Balaban J connectivity index is 1.62. The number of ether oxygens (including phenoxy) is 3. The van der Waals surface area contributed by atoms with Crippen LogP contribution >= 0.6 is 0 Å². The molecule has 0 N–H and O–H groups in total. The lowest BCUT2D eigenvalue weighted by Crippen LogP contribution is -2.26. The summed E-state index contributed by atoms with van der Waals surface area (Å²) in [6.45, 7) is 7.34. The van der Waals surface area contributed by atoms with E-state index in [1.165, 1.54) is 19.1 Å². The molecule has 0 unspecified atom stereocenters. The molecule has 0 fully saturated rings. The third-order valence-corrected chi connectivity index (χ3v) is 6.54. The van der Waals surface area contributed by atoms with E-state index in [1.807, 2.05) is 31.2 Å². The van der Waals surface area contributed by atoms with E-state index in [0.29, 0.717) is 11.1 Å². The predicted molar refractivity (Wildman–Crippen MR) is 152 cm³/mol. The number of unbranched alkanes of at least 4 members (excludes halogenated alkanes) is 3. The highest BCUT2D eigenvalue weighted by atomic mass is 19.1. The van der Waals surface area contributed by atoms with Gasteiger partial charge in [0.05, 0.1) is 23.8 Å². The Morgan fingerprint density at radius 2 is 1.30 bits per heavy atom. The fourth-order valence-corrected chi connectivity index (χ4v) is 4.21. The molecule has 2 atom stereocenters. The molecular formula is C33H37FO6. The molecule has 7 heteroatoms. The number of hydrogen-bond donors (Lipinski definition) is 0. The minimum atomic E-state index is -0.992. The van der Waals surface area contributed by atoms with E-state index >= 15 is 0 Å². The van der Waals surface area contributed by atoms with E-state index in [1.54, 1.807) is 37.3 Å². The average Bonchev–Trinajstić information content (AvgIpc) is 2.95. The minimum absolute atomic E-state index is 0.0731. The van der Waals surface area contributed by atoms with Gasteiger partial charge in [0.2, 0.25) is 0 Å². The third-order valence-electron chi connectivity index (χ3n) is 6.54. The summed E-state index contributed by atoms with van der Waals surface area (Å²) in [5.41, 5.74) is 3.45. The molecule has 3 aromatic carbocycles. The van der Waals surface area contributed by atoms with Crippen molar-refractivity contribution in [2.24, 2.45) is 0 Å². The monoisotopic (exact) mass is 548 g/mol. The van der Waals surface area contributed by atoms with Crippen LogP contribution < -0.4 is 0 Å². The average molecular weight is 549 g/mol. The molecule has 6 nitrogen and oxygen atoms in total. The summed E-state index contributed by atoms with van der Waals surface area (Å²) >= 11 is 0. The lowest BCUT2D eigenvalue weighted by Gasteiger charge is -2.14. The number of hydrogen-bond acceptors (Lipinski definition) is 6. The van der Waals surface area contributed by atoms with Crippen LogP contribution in [0, 0.1) is 5.82 Å². The van der Waals surface area contributed by atoms with Crippen LogP contribution in [0.3, 0.4) is 0 Å². The summed E-state index contributed by atoms with van der Waals surface area (Å²) in [5.74, 6) is -2.47. The Bertz CT molecular complexity index is 1280. The standard InChI is InChI=1S/C33H37FO6/c1-5-7-8-9-10-22(3)39-33(37)29-20-19-28(21-30(29)34)26-13-11-24(12-14-26)25-15-17-27(18-16-25)32(36)40-23(4)31(35)38-6-2/h11-23H,5-10H2,1-4H3/t22-,23+/m1/s1. The van der Waals surface area contributed by atoms with Gasteiger partial charge in [0, 0.05) is 0 Å². The van der Waals surface area contributed by atoms with Crippen molar-refractivity contribution in [1.82, 2.24) is 0 Å². The van der Waals surface area contributed by atoms with Gasteiger partial charge in [0.15, 0.2) is 6.10 Å². The van der Waals surface area contributed by atoms with Crippen LogP contribution in [-0.2, 0) is 19.0 Å². The highest BCUT2D eigenvalue weighted by Crippen LogP contribution is 2.27. The first kappa shape index (κ1) is 30.5. The Morgan fingerprint density at radius 3 is 1.88 bits per heavy atom. The lowest BCUT2D eigenvalue weighted by molar-refractivity contribution is -0.152. The van der Waals surface area contributed by atoms with Gasteiger partial charge in [0.1, 0.15) is 5.82 Å². The normalized spacial score (nSPS) is 12.3. The second-order valence-corrected chi connectivity index (χ2v) is 9.71. The van der Waals surface area contributed by atoms with Crippen molar-refractivity contribution in [3.63, 3.8) is 0 Å². The van der Waals surface area contributed by atoms with Crippen LogP contribution in [0.2, 0.25) is 0 Å². The summed E-state index contributed by atoms with van der Waals surface area (Å²) in [4.78, 5) is 36.5. The predicted octanol–water partition coefficient (Wildman–Crippen LogP) is 7.78. The van der Waals surface area contributed by atoms with Gasteiger partial charge in [-0.1, -0.05) is 68.7 Å². The Kier molecular flexibility index (Phi) is 11.4. The smallest absolute Gasteiger partial charge is 0.347 e. The number of rotatable bonds is 13. The fourth-order valence-electron chi connectivity index (χ4n) is 4.21. The largest absolute Gasteiger partial charge is 0.463 e. The molecule has 3 rings (SSSR count). The summed E-state index contributed by atoms with van der Waals surface area (Å²) in [6, 6.07) is 18.9. The van der Waals surface area contributed by atoms with Gasteiger partial charge >= 0.3 is 17.9 Å². The molecule has 0 aliphatic rings. The van der Waals surface area contributed by atoms with Crippen molar-refractivity contribution < 1.29 is 33.0 Å². The van der Waals surface area contributed by atoms with Gasteiger partial charge in [-0.15, -0.1) is 0 Å². The fraction of sp³-hybridized carbons (Fsp3) is 0.364. The maximum absolute atomic E-state index is 14.8. The zero-order valence-corrected chi connectivity index (χ0v) is 23.6. The SMILES string of the molecule is CCCCCC[C@@H](C)OC(=O)c1ccc(-c2ccc(-c3ccc(C(=O)O[C@@H](C)C(=O)OCC)cc3)cc2)cc1F. The van der Waals surface area contributed by atoms with E-state index in [4.69, 9.17) is 14.2 Å². The topological polar surface area (TPSA) is 78.9 Å². The minimum Gasteiger partial charge on any atom is -0.463 e. The second-order valence-electron chi connectivity index (χ2n) is 9.71. The first-order valence-electron chi connectivity index (χ1n) is 13.8. The van der Waals surface area contributed by atoms with Crippen molar-refractivity contribution in [1.29, 1.82) is 0 Å². The zero-order valence-electron chi connectivity index (χ0n) is 23.6. The summed E-state index contributed by atoms with van der Waals surface area (Å²) in [7, 11) is 0. The molecule has 0 spiro atoms. The molecule has 0 aromatic heterocycles. The molecule has 0 aliphatic carbocycles. The van der Waals surface area contributed by atoms with Crippen LogP contribution in [0.25, 0.3) is 22.3 Å². The van der Waals surface area contributed by atoms with Gasteiger partial charge in [-0.3, -0.25) is 0 Å². The van der Waals surface area contributed by atoms with Crippen molar-refractivity contribution in [3.8, 4) is 22.3 Å². The van der Waals surface area contributed by atoms with Crippen molar-refractivity contribution >= 4 is 17.9 Å². The molecule has 212 valence electrons. The number of halogens is 1. The Hall–Kier alpha value is -4.00. The molecule has 0 saturated heterocycles. The highest BCUT2D eigenvalue weighted by molar-refractivity contribution is 5.92. The number of carbonyl (C=O) groups is 3. The molecule has 0 saturated carbocycles. The van der Waals surface area contributed by atoms with E-state index in [9.17, 15) is 18.8 Å². The summed E-state index contributed by atoms with van der Waals surface area (Å²) in [5, 5.41) is 0. The van der Waals surface area contributed by atoms with Gasteiger partial charge < -0.3 is 14.2 Å². The van der Waals surface area contributed by atoms with E-state index in [-0.39, 0.29) is 18.3 Å². The van der Waals surface area contributed by atoms with Gasteiger partial charge in [-0.2, -0.15) is 0 Å². The molecule has 40 heavy (non-hydrogen) atoms. The van der Waals surface area contributed by atoms with Crippen LogP contribution in [0.1, 0.15) is 80.5 Å². The molecule has 0 amide bonds. The molecule has 0 radical (unpaired) electrons. The zero-order chi connectivity index (χ0) is 29.1. The van der Waals surface area contributed by atoms with Crippen LogP contribution in [0.5, 0.6) is 0 Å². The Labute approximate surface area is 235 Å². The molecule has 3 aromatic rings. The quantitative estimate of drug-likeness (QED) is 0.123. The van der Waals surface area contributed by atoms with Gasteiger partial charge in [-0.05, 0) is 80.1 Å². The first-order valence-corrected chi connectivity index (χ1v) is 13.8.